The molecule has 1 aromatic carbocycles. The lowest BCUT2D eigenvalue weighted by Gasteiger charge is -2.13. The van der Waals surface area contributed by atoms with Gasteiger partial charge < -0.3 is 5.11 Å². The Hall–Kier alpha value is -0.620. The molecule has 0 saturated heterocycles. The fourth-order valence-electron chi connectivity index (χ4n) is 1.42. The quantitative estimate of drug-likeness (QED) is 0.833. The molecule has 0 bridgehead atoms. The van der Waals surface area contributed by atoms with Crippen molar-refractivity contribution in [2.24, 2.45) is 0 Å². The van der Waals surface area contributed by atoms with Gasteiger partial charge in [-0.2, -0.15) is 0 Å². The Bertz CT molecular complexity index is 462. The molecular weight excluding hydrogens is 262 g/mol. The first-order valence-corrected chi connectivity index (χ1v) is 7.20. The van der Waals surface area contributed by atoms with Crippen LogP contribution in [0.15, 0.2) is 29.2 Å². The Balaban J connectivity index is 2.75. The van der Waals surface area contributed by atoms with Crippen molar-refractivity contribution in [1.29, 1.82) is 0 Å². The van der Waals surface area contributed by atoms with E-state index in [2.05, 4.69) is 4.72 Å². The topological polar surface area (TPSA) is 66.4 Å². The van der Waals surface area contributed by atoms with Gasteiger partial charge in [0.25, 0.3) is 0 Å². The molecule has 1 aromatic rings. The molecule has 17 heavy (non-hydrogen) atoms. The zero-order valence-corrected chi connectivity index (χ0v) is 11.1. The average Bonchev–Trinajstić information content (AvgIpc) is 2.26. The standard InChI is InChI=1S/C11H16ClNO3S/c1-9(4-3-7-14)13-17(15,16)11-6-2-5-10(12)8-11/h2,5-6,8-9,13-14H,3-4,7H2,1H3. The van der Waals surface area contributed by atoms with Crippen molar-refractivity contribution in [2.75, 3.05) is 6.61 Å². The Morgan fingerprint density at radius 3 is 2.76 bits per heavy atom. The second kappa shape index (κ2) is 6.35. The minimum Gasteiger partial charge on any atom is -0.396 e. The molecule has 0 aliphatic carbocycles. The van der Waals surface area contributed by atoms with Crippen molar-refractivity contribution in [3.05, 3.63) is 29.3 Å². The normalized spacial score (nSPS) is 13.6. The Labute approximate surface area is 107 Å². The van der Waals surface area contributed by atoms with Crippen molar-refractivity contribution in [3.63, 3.8) is 0 Å². The molecule has 0 aliphatic heterocycles. The van der Waals surface area contributed by atoms with Crippen molar-refractivity contribution in [3.8, 4) is 0 Å². The van der Waals surface area contributed by atoms with Crippen molar-refractivity contribution >= 4 is 21.6 Å². The number of halogens is 1. The fourth-order valence-corrected chi connectivity index (χ4v) is 3.00. The van der Waals surface area contributed by atoms with Crippen LogP contribution in [0, 0.1) is 0 Å². The molecule has 1 rings (SSSR count). The van der Waals surface area contributed by atoms with E-state index in [1.54, 1.807) is 19.1 Å². The first-order chi connectivity index (χ1) is 7.95. The lowest BCUT2D eigenvalue weighted by Crippen LogP contribution is -2.32. The molecule has 96 valence electrons. The predicted octanol–water partition coefficient (Wildman–Crippen LogP) is 1.78. The lowest BCUT2D eigenvalue weighted by atomic mass is 10.2. The van der Waals surface area contributed by atoms with Crippen molar-refractivity contribution in [1.82, 2.24) is 4.72 Å². The van der Waals surface area contributed by atoms with Crippen LogP contribution < -0.4 is 4.72 Å². The minimum absolute atomic E-state index is 0.0588. The molecule has 1 unspecified atom stereocenters. The van der Waals surface area contributed by atoms with E-state index >= 15 is 0 Å². The van der Waals surface area contributed by atoms with E-state index < -0.39 is 10.0 Å². The van der Waals surface area contributed by atoms with Crippen LogP contribution in [0.1, 0.15) is 19.8 Å². The Kier molecular flexibility index (Phi) is 5.39. The average molecular weight is 278 g/mol. The summed E-state index contributed by atoms with van der Waals surface area (Å²) in [5.41, 5.74) is 0. The maximum Gasteiger partial charge on any atom is 0.240 e. The SMILES string of the molecule is CC(CCCO)NS(=O)(=O)c1cccc(Cl)c1. The molecule has 0 radical (unpaired) electrons. The Morgan fingerprint density at radius 2 is 2.18 bits per heavy atom. The first kappa shape index (κ1) is 14.4. The van der Waals surface area contributed by atoms with Crippen molar-refractivity contribution in [2.45, 2.75) is 30.7 Å². The molecule has 2 N–H and O–H groups in total. The number of aliphatic hydroxyl groups is 1. The van der Waals surface area contributed by atoms with Crippen LogP contribution in [0.2, 0.25) is 5.02 Å². The maximum atomic E-state index is 11.9. The van der Waals surface area contributed by atoms with E-state index in [1.807, 2.05) is 0 Å². The highest BCUT2D eigenvalue weighted by atomic mass is 35.5. The minimum atomic E-state index is -3.53. The molecule has 0 heterocycles. The summed E-state index contributed by atoms with van der Waals surface area (Å²) in [6.07, 6.45) is 1.16. The second-order valence-electron chi connectivity index (χ2n) is 3.85. The lowest BCUT2D eigenvalue weighted by molar-refractivity contribution is 0.279. The van der Waals surface area contributed by atoms with Crippen LogP contribution in [0.5, 0.6) is 0 Å². The number of nitrogens with one attached hydrogen (secondary N) is 1. The smallest absolute Gasteiger partial charge is 0.240 e. The molecule has 6 heteroatoms. The molecule has 0 aromatic heterocycles. The van der Waals surface area contributed by atoms with Gasteiger partial charge in [-0.15, -0.1) is 0 Å². The number of benzene rings is 1. The van der Waals surface area contributed by atoms with Crippen LogP contribution in [0.3, 0.4) is 0 Å². The van der Waals surface area contributed by atoms with Crippen molar-refractivity contribution < 1.29 is 13.5 Å². The third-order valence-electron chi connectivity index (χ3n) is 2.26. The molecule has 1 atom stereocenters. The zero-order chi connectivity index (χ0) is 12.9. The van der Waals surface area contributed by atoms with E-state index in [9.17, 15) is 8.42 Å². The maximum absolute atomic E-state index is 11.9. The third kappa shape index (κ3) is 4.63. The fraction of sp³-hybridized carbons (Fsp3) is 0.455. The van der Waals surface area contributed by atoms with Gasteiger partial charge in [0.05, 0.1) is 4.90 Å². The number of sulfonamides is 1. The van der Waals surface area contributed by atoms with E-state index in [0.717, 1.165) is 0 Å². The van der Waals surface area contributed by atoms with Gasteiger partial charge in [0.1, 0.15) is 0 Å². The van der Waals surface area contributed by atoms with Crippen LogP contribution in [0.4, 0.5) is 0 Å². The summed E-state index contributed by atoms with van der Waals surface area (Å²) in [6.45, 7) is 1.82. The molecule has 0 fully saturated rings. The summed E-state index contributed by atoms with van der Waals surface area (Å²) in [5.74, 6) is 0. The van der Waals surface area contributed by atoms with E-state index in [-0.39, 0.29) is 17.5 Å². The van der Waals surface area contributed by atoms with Gasteiger partial charge in [-0.3, -0.25) is 0 Å². The van der Waals surface area contributed by atoms with Crippen LogP contribution >= 0.6 is 11.6 Å². The summed E-state index contributed by atoms with van der Waals surface area (Å²) < 4.78 is 26.4. The Morgan fingerprint density at radius 1 is 1.47 bits per heavy atom. The molecule has 0 aliphatic rings. The molecule has 0 amide bonds. The second-order valence-corrected chi connectivity index (χ2v) is 6.00. The summed E-state index contributed by atoms with van der Waals surface area (Å²) >= 11 is 5.75. The molecule has 0 saturated carbocycles. The third-order valence-corrected chi connectivity index (χ3v) is 4.08. The largest absolute Gasteiger partial charge is 0.396 e. The summed E-state index contributed by atoms with van der Waals surface area (Å²) in [5, 5.41) is 9.06. The highest BCUT2D eigenvalue weighted by molar-refractivity contribution is 7.89. The molecular formula is C11H16ClNO3S. The van der Waals surface area contributed by atoms with Gasteiger partial charge in [0, 0.05) is 17.7 Å². The van der Waals surface area contributed by atoms with Gasteiger partial charge in [-0.1, -0.05) is 17.7 Å². The van der Waals surface area contributed by atoms with E-state index in [0.29, 0.717) is 17.9 Å². The number of hydrogen-bond donors (Lipinski definition) is 2. The first-order valence-electron chi connectivity index (χ1n) is 5.34. The van der Waals surface area contributed by atoms with Crippen LogP contribution in [-0.4, -0.2) is 26.2 Å². The highest BCUT2D eigenvalue weighted by Gasteiger charge is 2.17. The van der Waals surface area contributed by atoms with Gasteiger partial charge in [-0.25, -0.2) is 13.1 Å². The predicted molar refractivity (Wildman–Crippen MR) is 67.6 cm³/mol. The van der Waals surface area contributed by atoms with Crippen LogP contribution in [-0.2, 0) is 10.0 Å². The number of hydrogen-bond acceptors (Lipinski definition) is 3. The van der Waals surface area contributed by atoms with E-state index in [4.69, 9.17) is 16.7 Å². The summed E-state index contributed by atoms with van der Waals surface area (Å²) in [6, 6.07) is 5.90. The molecule has 4 nitrogen and oxygen atoms in total. The van der Waals surface area contributed by atoms with Gasteiger partial charge in [0.15, 0.2) is 0 Å². The number of aliphatic hydroxyl groups excluding tert-OH is 1. The zero-order valence-electron chi connectivity index (χ0n) is 9.56. The van der Waals surface area contributed by atoms with Gasteiger partial charge in [0.2, 0.25) is 10.0 Å². The highest BCUT2D eigenvalue weighted by Crippen LogP contribution is 2.15. The summed E-state index contributed by atoms with van der Waals surface area (Å²) in [4.78, 5) is 0.154. The van der Waals surface area contributed by atoms with Gasteiger partial charge >= 0.3 is 0 Å². The monoisotopic (exact) mass is 277 g/mol. The number of rotatable bonds is 6. The van der Waals surface area contributed by atoms with Gasteiger partial charge in [-0.05, 0) is 38.0 Å². The summed E-state index contributed by atoms with van der Waals surface area (Å²) in [7, 11) is -3.53. The molecule has 0 spiro atoms. The van der Waals surface area contributed by atoms with E-state index in [1.165, 1.54) is 12.1 Å². The van der Waals surface area contributed by atoms with Crippen LogP contribution in [0.25, 0.3) is 0 Å².